The van der Waals surface area contributed by atoms with Gasteiger partial charge < -0.3 is 10.0 Å². The van der Waals surface area contributed by atoms with Gasteiger partial charge in [0.05, 0.1) is 11.5 Å². The van der Waals surface area contributed by atoms with Gasteiger partial charge in [0, 0.05) is 23.3 Å². The molecule has 0 aromatic carbocycles. The molecule has 5 rings (SSSR count). The van der Waals surface area contributed by atoms with Gasteiger partial charge in [0.25, 0.3) is 0 Å². The highest BCUT2D eigenvalue weighted by Gasteiger charge is 2.60. The van der Waals surface area contributed by atoms with Crippen molar-refractivity contribution in [3.8, 4) is 0 Å². The highest BCUT2D eigenvalue weighted by molar-refractivity contribution is 9.10. The van der Waals surface area contributed by atoms with Crippen LogP contribution in [0.15, 0.2) is 0 Å². The minimum Gasteiger partial charge on any atom is -0.391 e. The van der Waals surface area contributed by atoms with Crippen molar-refractivity contribution >= 4 is 21.8 Å². The fourth-order valence-electron chi connectivity index (χ4n) is 6.16. The van der Waals surface area contributed by atoms with Crippen LogP contribution >= 0.6 is 15.9 Å². The van der Waals surface area contributed by atoms with E-state index in [0.717, 1.165) is 44.1 Å². The molecule has 1 heterocycles. The van der Waals surface area contributed by atoms with Crippen molar-refractivity contribution in [3.63, 3.8) is 0 Å². The van der Waals surface area contributed by atoms with Gasteiger partial charge in [-0.2, -0.15) is 0 Å². The maximum absolute atomic E-state index is 13.2. The number of rotatable bonds is 2. The number of nitrogens with zero attached hydrogens (tertiary/aromatic N) is 1. The van der Waals surface area contributed by atoms with Crippen LogP contribution < -0.4 is 0 Å². The van der Waals surface area contributed by atoms with Gasteiger partial charge in [-0.3, -0.25) is 4.79 Å². The normalized spacial score (nSPS) is 51.7. The fourth-order valence-corrected chi connectivity index (χ4v) is 7.61. The third kappa shape index (κ3) is 2.20. The lowest BCUT2D eigenvalue weighted by molar-refractivity contribution is -0.154. The Morgan fingerprint density at radius 2 is 1.90 bits per heavy atom. The van der Waals surface area contributed by atoms with Gasteiger partial charge >= 0.3 is 0 Å². The number of halogens is 1. The molecule has 1 aliphatic heterocycles. The van der Waals surface area contributed by atoms with Crippen molar-refractivity contribution in [2.24, 2.45) is 23.2 Å². The second kappa shape index (κ2) is 4.70. The van der Waals surface area contributed by atoms with Crippen LogP contribution in [0.3, 0.4) is 0 Å². The van der Waals surface area contributed by atoms with Crippen molar-refractivity contribution in [2.45, 2.75) is 62.3 Å². The maximum Gasteiger partial charge on any atom is 0.228 e. The molecule has 4 heteroatoms. The lowest BCUT2D eigenvalue weighted by Gasteiger charge is -2.60. The number of alkyl halides is 1. The van der Waals surface area contributed by atoms with Gasteiger partial charge in [0.15, 0.2) is 0 Å². The van der Waals surface area contributed by atoms with Crippen molar-refractivity contribution in [2.75, 3.05) is 13.1 Å². The van der Waals surface area contributed by atoms with Gasteiger partial charge in [0.1, 0.15) is 0 Å². The van der Waals surface area contributed by atoms with Gasteiger partial charge in [-0.15, -0.1) is 0 Å². The van der Waals surface area contributed by atoms with Crippen LogP contribution in [0.4, 0.5) is 0 Å². The highest BCUT2D eigenvalue weighted by atomic mass is 79.9. The van der Waals surface area contributed by atoms with Gasteiger partial charge in [0.2, 0.25) is 5.91 Å². The summed E-state index contributed by atoms with van der Waals surface area (Å²) in [6.07, 6.45) is 7.73. The van der Waals surface area contributed by atoms with E-state index >= 15 is 0 Å². The van der Waals surface area contributed by atoms with E-state index in [1.165, 1.54) is 19.3 Å². The summed E-state index contributed by atoms with van der Waals surface area (Å²) in [7, 11) is 0. The molecule has 1 amide bonds. The predicted molar refractivity (Wildman–Crippen MR) is 85.1 cm³/mol. The van der Waals surface area contributed by atoms with Crippen LogP contribution in [0, 0.1) is 23.2 Å². The first-order valence-electron chi connectivity index (χ1n) is 8.59. The number of hydrogen-bond donors (Lipinski definition) is 1. The predicted octanol–water partition coefficient (Wildman–Crippen LogP) is 2.95. The van der Waals surface area contributed by atoms with E-state index in [1.807, 2.05) is 4.90 Å². The quantitative estimate of drug-likeness (QED) is 0.773. The maximum atomic E-state index is 13.2. The first-order chi connectivity index (χ1) is 9.93. The molecular formula is C17H26BrNO2. The van der Waals surface area contributed by atoms with E-state index in [0.29, 0.717) is 12.5 Å². The summed E-state index contributed by atoms with van der Waals surface area (Å²) in [5, 5.41) is 10.1. The molecule has 1 N–H and O–H groups in total. The Morgan fingerprint density at radius 1 is 1.24 bits per heavy atom. The molecular weight excluding hydrogens is 330 g/mol. The molecule has 5 aliphatic rings. The van der Waals surface area contributed by atoms with E-state index in [9.17, 15) is 9.90 Å². The number of carbonyl (C=O) groups is 1. The van der Waals surface area contributed by atoms with Gasteiger partial charge in [-0.25, -0.2) is 0 Å². The molecule has 5 fully saturated rings. The molecule has 4 aliphatic carbocycles. The Kier molecular flexibility index (Phi) is 3.25. The Hall–Kier alpha value is -0.0900. The molecule has 1 saturated heterocycles. The third-order valence-corrected chi connectivity index (χ3v) is 7.59. The van der Waals surface area contributed by atoms with Crippen molar-refractivity contribution < 1.29 is 9.90 Å². The number of amides is 1. The topological polar surface area (TPSA) is 40.5 Å². The zero-order valence-electron chi connectivity index (χ0n) is 12.9. The zero-order valence-corrected chi connectivity index (χ0v) is 14.4. The number of aliphatic hydroxyl groups is 1. The molecule has 118 valence electrons. The minimum absolute atomic E-state index is 0.115. The van der Waals surface area contributed by atoms with E-state index < -0.39 is 0 Å². The molecule has 0 aromatic heterocycles. The van der Waals surface area contributed by atoms with Gasteiger partial charge in [-0.05, 0) is 56.8 Å². The first-order valence-corrected chi connectivity index (χ1v) is 9.39. The lowest BCUT2D eigenvalue weighted by atomic mass is 9.49. The Labute approximate surface area is 135 Å². The SMILES string of the molecule is CC[C@@H]1CN(C(=O)C23C[C@H]4C[C@@H](CC(Br)(C4)C2)C3)C[C@H]1O. The third-order valence-electron chi connectivity index (χ3n) is 6.66. The molecule has 0 radical (unpaired) electrons. The Balaban J connectivity index is 1.57. The highest BCUT2D eigenvalue weighted by Crippen LogP contribution is 2.65. The second-order valence-electron chi connectivity index (χ2n) is 8.34. The van der Waals surface area contributed by atoms with Crippen molar-refractivity contribution in [3.05, 3.63) is 0 Å². The zero-order chi connectivity index (χ0) is 14.8. The average Bonchev–Trinajstić information content (AvgIpc) is 2.76. The largest absolute Gasteiger partial charge is 0.391 e. The number of likely N-dealkylation sites (tertiary alicyclic amines) is 1. The molecule has 0 spiro atoms. The lowest BCUT2D eigenvalue weighted by Crippen LogP contribution is -2.58. The summed E-state index contributed by atoms with van der Waals surface area (Å²) in [6.45, 7) is 3.44. The van der Waals surface area contributed by atoms with Crippen LogP contribution in [-0.4, -0.2) is 39.4 Å². The Morgan fingerprint density at radius 3 is 2.43 bits per heavy atom. The number of hydrogen-bond acceptors (Lipinski definition) is 2. The molecule has 0 unspecified atom stereocenters. The van der Waals surface area contributed by atoms with Gasteiger partial charge in [-0.1, -0.05) is 22.9 Å². The summed E-state index contributed by atoms with van der Waals surface area (Å²) in [5.41, 5.74) is -0.115. The molecule has 3 nitrogen and oxygen atoms in total. The smallest absolute Gasteiger partial charge is 0.228 e. The monoisotopic (exact) mass is 355 g/mol. The second-order valence-corrected chi connectivity index (χ2v) is 10.0. The first kappa shape index (κ1) is 14.5. The van der Waals surface area contributed by atoms with E-state index in [1.54, 1.807) is 0 Å². The standard InChI is InChI=1S/C17H26BrNO2/c1-2-13-8-19(9-14(13)20)15(21)16-4-11-3-12(5-16)7-17(18,6-11)10-16/h11-14,20H,2-10H2,1H3/t11-,12-,13-,14-,16?,17?/m1/s1. The van der Waals surface area contributed by atoms with Crippen LogP contribution in [0.2, 0.25) is 0 Å². The summed E-state index contributed by atoms with van der Waals surface area (Å²) in [5.74, 6) is 2.12. The summed E-state index contributed by atoms with van der Waals surface area (Å²) < 4.78 is 0.231. The van der Waals surface area contributed by atoms with Crippen LogP contribution in [0.1, 0.15) is 51.9 Å². The number of β-amino-alcohol motifs (C(OH)–C–C–N with tert-alkyl or cyclic N) is 1. The van der Waals surface area contributed by atoms with E-state index in [-0.39, 0.29) is 21.8 Å². The average molecular weight is 356 g/mol. The number of aliphatic hydroxyl groups excluding tert-OH is 1. The molecule has 21 heavy (non-hydrogen) atoms. The van der Waals surface area contributed by atoms with Crippen LogP contribution in [0.25, 0.3) is 0 Å². The van der Waals surface area contributed by atoms with E-state index in [2.05, 4.69) is 22.9 Å². The minimum atomic E-state index is -0.314. The Bertz CT molecular complexity index is 452. The molecule has 4 bridgehead atoms. The summed E-state index contributed by atoms with van der Waals surface area (Å²) >= 11 is 3.99. The fraction of sp³-hybridized carbons (Fsp3) is 0.941. The van der Waals surface area contributed by atoms with Crippen LogP contribution in [0.5, 0.6) is 0 Å². The van der Waals surface area contributed by atoms with E-state index in [4.69, 9.17) is 0 Å². The summed E-state index contributed by atoms with van der Waals surface area (Å²) in [4.78, 5) is 15.2. The molecule has 0 aromatic rings. The number of carbonyl (C=O) groups excluding carboxylic acids is 1. The summed E-state index contributed by atoms with van der Waals surface area (Å²) in [6, 6.07) is 0. The molecule has 4 atom stereocenters. The molecule has 4 saturated carbocycles. The van der Waals surface area contributed by atoms with Crippen molar-refractivity contribution in [1.29, 1.82) is 0 Å². The van der Waals surface area contributed by atoms with Crippen LogP contribution in [-0.2, 0) is 4.79 Å². The van der Waals surface area contributed by atoms with Crippen molar-refractivity contribution in [1.82, 2.24) is 4.90 Å².